The molecule has 1 aromatic rings. The molecular formula is C8H14N4O. The van der Waals surface area contributed by atoms with Crippen LogP contribution in [0.3, 0.4) is 0 Å². The van der Waals surface area contributed by atoms with Crippen molar-refractivity contribution in [2.45, 2.75) is 25.9 Å². The molecule has 0 saturated heterocycles. The molecule has 0 aliphatic heterocycles. The summed E-state index contributed by atoms with van der Waals surface area (Å²) < 4.78 is 1.69. The zero-order valence-corrected chi connectivity index (χ0v) is 7.77. The third kappa shape index (κ3) is 1.86. The maximum absolute atomic E-state index is 10.9. The Morgan fingerprint density at radius 2 is 2.23 bits per heavy atom. The van der Waals surface area contributed by atoms with Crippen LogP contribution in [0.5, 0.6) is 0 Å². The summed E-state index contributed by atoms with van der Waals surface area (Å²) in [5, 5.41) is 0. The van der Waals surface area contributed by atoms with Crippen molar-refractivity contribution in [1.29, 1.82) is 0 Å². The van der Waals surface area contributed by atoms with E-state index in [0.29, 0.717) is 0 Å². The van der Waals surface area contributed by atoms with Crippen LogP contribution in [0.25, 0.3) is 0 Å². The van der Waals surface area contributed by atoms with Crippen molar-refractivity contribution in [2.24, 2.45) is 11.5 Å². The van der Waals surface area contributed by atoms with Gasteiger partial charge in [-0.15, -0.1) is 0 Å². The third-order valence-corrected chi connectivity index (χ3v) is 1.99. The Labute approximate surface area is 76.7 Å². The maximum Gasteiger partial charge on any atom is 0.240 e. The van der Waals surface area contributed by atoms with E-state index in [1.165, 1.54) is 0 Å². The average molecular weight is 182 g/mol. The minimum Gasteiger partial charge on any atom is -0.368 e. The minimum absolute atomic E-state index is 0.149. The molecule has 13 heavy (non-hydrogen) atoms. The Hall–Kier alpha value is -1.36. The second-order valence-electron chi connectivity index (χ2n) is 3.09. The van der Waals surface area contributed by atoms with E-state index in [0.717, 1.165) is 5.69 Å². The van der Waals surface area contributed by atoms with Gasteiger partial charge in [0.25, 0.3) is 0 Å². The topological polar surface area (TPSA) is 86.9 Å². The predicted octanol–water partition coefficient (Wildman–Crippen LogP) is -0.0509. The Kier molecular flexibility index (Phi) is 2.67. The fourth-order valence-electron chi connectivity index (χ4n) is 1.13. The molecule has 1 heterocycles. The van der Waals surface area contributed by atoms with Crippen molar-refractivity contribution in [1.82, 2.24) is 9.55 Å². The summed E-state index contributed by atoms with van der Waals surface area (Å²) in [6.45, 7) is 3.55. The van der Waals surface area contributed by atoms with E-state index in [2.05, 4.69) is 4.98 Å². The first-order valence-corrected chi connectivity index (χ1v) is 4.10. The van der Waals surface area contributed by atoms with E-state index in [9.17, 15) is 4.79 Å². The highest BCUT2D eigenvalue weighted by molar-refractivity contribution is 5.78. The van der Waals surface area contributed by atoms with Crippen molar-refractivity contribution in [2.75, 3.05) is 0 Å². The van der Waals surface area contributed by atoms with Crippen LogP contribution in [0.1, 0.15) is 31.6 Å². The lowest BCUT2D eigenvalue weighted by atomic mass is 10.2. The van der Waals surface area contributed by atoms with Crippen LogP contribution in [0.15, 0.2) is 12.5 Å². The van der Waals surface area contributed by atoms with Gasteiger partial charge < -0.3 is 16.0 Å². The van der Waals surface area contributed by atoms with Crippen molar-refractivity contribution >= 4 is 5.91 Å². The average Bonchev–Trinajstić information content (AvgIpc) is 2.50. The van der Waals surface area contributed by atoms with E-state index in [1.54, 1.807) is 24.0 Å². The molecule has 0 aliphatic rings. The molecule has 0 aromatic carbocycles. The number of carbonyl (C=O) groups excluding carboxylic acids is 1. The van der Waals surface area contributed by atoms with Gasteiger partial charge in [-0.3, -0.25) is 4.79 Å². The number of primary amides is 1. The van der Waals surface area contributed by atoms with Gasteiger partial charge in [-0.1, -0.05) is 0 Å². The maximum atomic E-state index is 10.9. The Morgan fingerprint density at radius 3 is 2.69 bits per heavy atom. The van der Waals surface area contributed by atoms with Crippen LogP contribution in [0.4, 0.5) is 0 Å². The number of aromatic nitrogens is 2. The molecule has 4 N–H and O–H groups in total. The van der Waals surface area contributed by atoms with Crippen molar-refractivity contribution < 1.29 is 4.79 Å². The highest BCUT2D eigenvalue weighted by Crippen LogP contribution is 2.14. The number of hydrogen-bond acceptors (Lipinski definition) is 3. The summed E-state index contributed by atoms with van der Waals surface area (Å²) in [6, 6.07) is -0.548. The fourth-order valence-corrected chi connectivity index (χ4v) is 1.13. The summed E-state index contributed by atoms with van der Waals surface area (Å²) in [5.74, 6) is -0.389. The van der Waals surface area contributed by atoms with Gasteiger partial charge in [0.05, 0.1) is 12.0 Å². The Bertz CT molecular complexity index is 305. The van der Waals surface area contributed by atoms with E-state index < -0.39 is 6.04 Å². The molecule has 1 aromatic heterocycles. The highest BCUT2D eigenvalue weighted by atomic mass is 16.1. The van der Waals surface area contributed by atoms with E-state index >= 15 is 0 Å². The monoisotopic (exact) mass is 182 g/mol. The molecule has 0 saturated carbocycles. The van der Waals surface area contributed by atoms with Crippen LogP contribution in [-0.2, 0) is 4.79 Å². The SMILES string of the molecule is CC(N)c1cncn1C(C)C(N)=O. The van der Waals surface area contributed by atoms with Crippen LogP contribution in [0.2, 0.25) is 0 Å². The molecule has 5 heteroatoms. The molecule has 0 bridgehead atoms. The number of nitrogens with zero attached hydrogens (tertiary/aromatic N) is 2. The summed E-state index contributed by atoms with van der Waals surface area (Å²) in [6.07, 6.45) is 3.21. The van der Waals surface area contributed by atoms with Gasteiger partial charge in [0, 0.05) is 12.2 Å². The number of hydrogen-bond donors (Lipinski definition) is 2. The van der Waals surface area contributed by atoms with Crippen LogP contribution in [0, 0.1) is 0 Å². The van der Waals surface area contributed by atoms with Crippen LogP contribution < -0.4 is 11.5 Å². The number of carbonyl (C=O) groups is 1. The predicted molar refractivity (Wildman–Crippen MR) is 48.7 cm³/mol. The van der Waals surface area contributed by atoms with Gasteiger partial charge >= 0.3 is 0 Å². The second-order valence-corrected chi connectivity index (χ2v) is 3.09. The fraction of sp³-hybridized carbons (Fsp3) is 0.500. The quantitative estimate of drug-likeness (QED) is 0.687. The van der Waals surface area contributed by atoms with Crippen molar-refractivity contribution in [3.63, 3.8) is 0 Å². The summed E-state index contributed by atoms with van der Waals surface area (Å²) in [4.78, 5) is 14.8. The van der Waals surface area contributed by atoms with Crippen molar-refractivity contribution in [3.8, 4) is 0 Å². The first-order valence-electron chi connectivity index (χ1n) is 4.10. The molecule has 1 rings (SSSR count). The first kappa shape index (κ1) is 9.73. The molecule has 0 radical (unpaired) electrons. The molecule has 2 atom stereocenters. The number of nitrogens with two attached hydrogens (primary N) is 2. The molecule has 72 valence electrons. The summed E-state index contributed by atoms with van der Waals surface area (Å²) >= 11 is 0. The Balaban J connectivity index is 3.00. The van der Waals surface area contributed by atoms with Crippen LogP contribution in [-0.4, -0.2) is 15.5 Å². The van der Waals surface area contributed by atoms with Crippen LogP contribution >= 0.6 is 0 Å². The van der Waals surface area contributed by atoms with E-state index in [4.69, 9.17) is 11.5 Å². The molecule has 5 nitrogen and oxygen atoms in total. The van der Waals surface area contributed by atoms with Gasteiger partial charge in [0.15, 0.2) is 0 Å². The lowest BCUT2D eigenvalue weighted by Crippen LogP contribution is -2.26. The zero-order valence-electron chi connectivity index (χ0n) is 7.77. The molecule has 0 aliphatic carbocycles. The molecule has 0 fully saturated rings. The number of rotatable bonds is 3. The normalized spacial score (nSPS) is 15.3. The lowest BCUT2D eigenvalue weighted by Gasteiger charge is -2.14. The standard InChI is InChI=1S/C8H14N4O/c1-5(9)7-3-11-4-12(7)6(2)8(10)13/h3-6H,9H2,1-2H3,(H2,10,13). The van der Waals surface area contributed by atoms with Gasteiger partial charge in [-0.05, 0) is 13.8 Å². The molecule has 2 unspecified atom stereocenters. The first-order chi connectivity index (χ1) is 6.04. The second kappa shape index (κ2) is 3.57. The van der Waals surface area contributed by atoms with Crippen molar-refractivity contribution in [3.05, 3.63) is 18.2 Å². The van der Waals surface area contributed by atoms with Gasteiger partial charge in [0.1, 0.15) is 6.04 Å². The smallest absolute Gasteiger partial charge is 0.240 e. The van der Waals surface area contributed by atoms with Gasteiger partial charge in [0.2, 0.25) is 5.91 Å². The molecular weight excluding hydrogens is 168 g/mol. The Morgan fingerprint density at radius 1 is 1.62 bits per heavy atom. The van der Waals surface area contributed by atoms with Gasteiger partial charge in [-0.25, -0.2) is 4.98 Å². The number of imidazole rings is 1. The third-order valence-electron chi connectivity index (χ3n) is 1.99. The zero-order chi connectivity index (χ0) is 10.0. The summed E-state index contributed by atoms with van der Waals surface area (Å²) in [5.41, 5.74) is 11.7. The van der Waals surface area contributed by atoms with Gasteiger partial charge in [-0.2, -0.15) is 0 Å². The number of amides is 1. The summed E-state index contributed by atoms with van der Waals surface area (Å²) in [7, 11) is 0. The highest BCUT2D eigenvalue weighted by Gasteiger charge is 2.15. The lowest BCUT2D eigenvalue weighted by molar-refractivity contribution is -0.120. The minimum atomic E-state index is -0.400. The molecule has 1 amide bonds. The largest absolute Gasteiger partial charge is 0.368 e. The molecule has 0 spiro atoms. The van der Waals surface area contributed by atoms with E-state index in [-0.39, 0.29) is 11.9 Å². The van der Waals surface area contributed by atoms with E-state index in [1.807, 2.05) is 6.92 Å².